The minimum atomic E-state index is -4.59. The molecule has 188 valence electrons. The van der Waals surface area contributed by atoms with E-state index in [0.717, 1.165) is 47.2 Å². The van der Waals surface area contributed by atoms with E-state index in [9.17, 15) is 30.7 Å². The summed E-state index contributed by atoms with van der Waals surface area (Å²) in [5, 5.41) is 2.44. The highest BCUT2D eigenvalue weighted by Crippen LogP contribution is 2.45. The first-order valence-electron chi connectivity index (χ1n) is 11.5. The monoisotopic (exact) mass is 520 g/mol. The molecule has 0 bridgehead atoms. The van der Waals surface area contributed by atoms with Gasteiger partial charge in [0.15, 0.2) is 23.3 Å². The van der Waals surface area contributed by atoms with Gasteiger partial charge in [-0.25, -0.2) is 17.6 Å². The van der Waals surface area contributed by atoms with Crippen LogP contribution in [0, 0.1) is 23.3 Å². The lowest BCUT2D eigenvalue weighted by molar-refractivity contribution is -0.137. The lowest BCUT2D eigenvalue weighted by atomic mass is 9.85. The maximum Gasteiger partial charge on any atom is 0.416 e. The Labute approximate surface area is 211 Å². The van der Waals surface area contributed by atoms with Gasteiger partial charge >= 0.3 is 6.18 Å². The third-order valence-corrected chi connectivity index (χ3v) is 6.74. The molecule has 0 saturated carbocycles. The number of alkyl halides is 3. The number of fused-ring (bicyclic) bond motifs is 3. The predicted octanol–water partition coefficient (Wildman–Crippen LogP) is 10.1. The van der Waals surface area contributed by atoms with Gasteiger partial charge in [0.25, 0.3) is 0 Å². The minimum Gasteiger partial charge on any atom is -0.204 e. The molecule has 0 radical (unpaired) electrons. The smallest absolute Gasteiger partial charge is 0.204 e. The molecule has 0 aliphatic rings. The van der Waals surface area contributed by atoms with Gasteiger partial charge in [0.05, 0.1) is 5.56 Å². The highest BCUT2D eigenvalue weighted by molar-refractivity contribution is 6.21. The van der Waals surface area contributed by atoms with Crippen LogP contribution in [0.25, 0.3) is 54.6 Å². The van der Waals surface area contributed by atoms with Crippen LogP contribution in [0.5, 0.6) is 0 Å². The molecular weight excluding hydrogens is 505 g/mol. The lowest BCUT2D eigenvalue weighted by Gasteiger charge is -2.19. The second kappa shape index (κ2) is 8.58. The van der Waals surface area contributed by atoms with E-state index in [1.54, 1.807) is 6.07 Å². The Balaban J connectivity index is 1.78. The number of halogens is 7. The molecular formula is C31H15F7. The van der Waals surface area contributed by atoms with Crippen molar-refractivity contribution in [2.24, 2.45) is 0 Å². The topological polar surface area (TPSA) is 0 Å². The summed E-state index contributed by atoms with van der Waals surface area (Å²) in [5.74, 6) is -4.67. The Morgan fingerprint density at radius 1 is 0.421 bits per heavy atom. The third-order valence-electron chi connectivity index (χ3n) is 6.74. The molecule has 6 aromatic carbocycles. The summed E-state index contributed by atoms with van der Waals surface area (Å²) in [7, 11) is 0. The van der Waals surface area contributed by atoms with Gasteiger partial charge < -0.3 is 0 Å². The van der Waals surface area contributed by atoms with Crippen LogP contribution in [0.1, 0.15) is 5.56 Å². The van der Waals surface area contributed by atoms with Crippen LogP contribution in [0.15, 0.2) is 91.0 Å². The van der Waals surface area contributed by atoms with Crippen LogP contribution in [-0.2, 0) is 6.18 Å². The summed E-state index contributed by atoms with van der Waals surface area (Å²) in [6, 6.07) is 20.7. The van der Waals surface area contributed by atoms with E-state index in [4.69, 9.17) is 0 Å². The van der Waals surface area contributed by atoms with Gasteiger partial charge in [-0.2, -0.15) is 13.2 Å². The first kappa shape index (κ1) is 24.0. The van der Waals surface area contributed by atoms with Gasteiger partial charge in [-0.15, -0.1) is 0 Å². The van der Waals surface area contributed by atoms with Gasteiger partial charge in [-0.3, -0.25) is 0 Å². The fraction of sp³-hybridized carbons (Fsp3) is 0.0323. The molecule has 0 aliphatic heterocycles. The van der Waals surface area contributed by atoms with Crippen molar-refractivity contribution in [2.75, 3.05) is 0 Å². The summed E-state index contributed by atoms with van der Waals surface area (Å²) in [6.45, 7) is 0. The van der Waals surface area contributed by atoms with Gasteiger partial charge in [0.1, 0.15) is 0 Å². The van der Waals surface area contributed by atoms with Gasteiger partial charge in [-0.05, 0) is 97.0 Å². The normalized spacial score (nSPS) is 12.1. The predicted molar refractivity (Wildman–Crippen MR) is 135 cm³/mol. The van der Waals surface area contributed by atoms with Crippen molar-refractivity contribution in [3.05, 3.63) is 120 Å². The number of benzene rings is 6. The van der Waals surface area contributed by atoms with E-state index in [2.05, 4.69) is 0 Å². The molecule has 0 fully saturated rings. The van der Waals surface area contributed by atoms with Crippen molar-refractivity contribution < 1.29 is 30.7 Å². The van der Waals surface area contributed by atoms with Gasteiger partial charge in [0.2, 0.25) is 0 Å². The second-order valence-electron chi connectivity index (χ2n) is 9.01. The molecule has 0 spiro atoms. The van der Waals surface area contributed by atoms with Crippen LogP contribution < -0.4 is 0 Å². The summed E-state index contributed by atoms with van der Waals surface area (Å²) >= 11 is 0. The number of hydrogen-bond donors (Lipinski definition) is 0. The van der Waals surface area contributed by atoms with Crippen LogP contribution in [0.2, 0.25) is 0 Å². The maximum absolute atomic E-state index is 14.6. The first-order chi connectivity index (χ1) is 18.1. The average molecular weight is 520 g/mol. The molecule has 0 atom stereocenters. The Morgan fingerprint density at radius 3 is 1.32 bits per heavy atom. The average Bonchev–Trinajstić information content (AvgIpc) is 2.89. The molecule has 0 N–H and O–H groups in total. The summed E-state index contributed by atoms with van der Waals surface area (Å²) in [6.07, 6.45) is -4.59. The molecule has 0 unspecified atom stereocenters. The van der Waals surface area contributed by atoms with Crippen molar-refractivity contribution in [3.63, 3.8) is 0 Å². The Bertz CT molecular complexity index is 1820. The number of rotatable bonds is 2. The van der Waals surface area contributed by atoms with E-state index in [1.165, 1.54) is 12.1 Å². The minimum absolute atomic E-state index is 0.144. The van der Waals surface area contributed by atoms with Crippen LogP contribution in [0.4, 0.5) is 30.7 Å². The van der Waals surface area contributed by atoms with Crippen molar-refractivity contribution in [1.82, 2.24) is 0 Å². The third kappa shape index (κ3) is 3.86. The SMILES string of the molecule is Fc1cc2c(-c3ccc(C(F)(F)F)cc3)c3cc(F)c(F)cc3c(-c3ccc4ccccc4c3)c2cc1F. The molecule has 38 heavy (non-hydrogen) atoms. The van der Waals surface area contributed by atoms with Crippen molar-refractivity contribution in [3.8, 4) is 22.3 Å². The molecule has 0 heterocycles. The highest BCUT2D eigenvalue weighted by atomic mass is 19.4. The Morgan fingerprint density at radius 2 is 0.842 bits per heavy atom. The molecule has 0 aromatic heterocycles. The van der Waals surface area contributed by atoms with E-state index in [1.807, 2.05) is 36.4 Å². The van der Waals surface area contributed by atoms with Crippen LogP contribution >= 0.6 is 0 Å². The standard InChI is InChI=1S/C31H15F7/c32-25-12-21-23(14-27(25)34)30(19-6-5-16-3-1-2-4-18(16)11-19)24-15-28(35)26(33)13-22(24)29(21)17-7-9-20(10-8-17)31(36,37)38/h1-15H. The first-order valence-corrected chi connectivity index (χ1v) is 11.5. The molecule has 0 saturated heterocycles. The molecule has 0 nitrogen and oxygen atoms in total. The van der Waals surface area contributed by atoms with Gasteiger partial charge in [0, 0.05) is 0 Å². The van der Waals surface area contributed by atoms with Gasteiger partial charge in [-0.1, -0.05) is 48.5 Å². The molecule has 0 aliphatic carbocycles. The quantitative estimate of drug-likeness (QED) is 0.157. The van der Waals surface area contributed by atoms with Crippen molar-refractivity contribution in [1.29, 1.82) is 0 Å². The molecule has 6 rings (SSSR count). The maximum atomic E-state index is 14.6. The van der Waals surface area contributed by atoms with Crippen molar-refractivity contribution >= 4 is 32.3 Å². The molecule has 0 amide bonds. The summed E-state index contributed by atoms with van der Waals surface area (Å²) in [5.41, 5.74) is 0.349. The zero-order valence-electron chi connectivity index (χ0n) is 19.3. The van der Waals surface area contributed by atoms with Crippen LogP contribution in [-0.4, -0.2) is 0 Å². The fourth-order valence-electron chi connectivity index (χ4n) is 5.00. The summed E-state index contributed by atoms with van der Waals surface area (Å²) in [4.78, 5) is 0. The van der Waals surface area contributed by atoms with E-state index >= 15 is 0 Å². The Hall–Kier alpha value is -4.39. The van der Waals surface area contributed by atoms with E-state index < -0.39 is 35.0 Å². The number of hydrogen-bond acceptors (Lipinski definition) is 0. The fourth-order valence-corrected chi connectivity index (χ4v) is 5.00. The lowest BCUT2D eigenvalue weighted by Crippen LogP contribution is -2.04. The zero-order valence-corrected chi connectivity index (χ0v) is 19.3. The van der Waals surface area contributed by atoms with E-state index in [-0.39, 0.29) is 32.7 Å². The highest BCUT2D eigenvalue weighted by Gasteiger charge is 2.30. The molecule has 6 aromatic rings. The zero-order chi connectivity index (χ0) is 26.8. The van der Waals surface area contributed by atoms with Crippen LogP contribution in [0.3, 0.4) is 0 Å². The van der Waals surface area contributed by atoms with E-state index in [0.29, 0.717) is 11.1 Å². The molecule has 7 heteroatoms. The van der Waals surface area contributed by atoms with Crippen molar-refractivity contribution in [2.45, 2.75) is 6.18 Å². The summed E-state index contributed by atoms with van der Waals surface area (Å²) < 4.78 is 98.0. The second-order valence-corrected chi connectivity index (χ2v) is 9.01. The largest absolute Gasteiger partial charge is 0.416 e. The Kier molecular flexibility index (Phi) is 5.42.